The van der Waals surface area contributed by atoms with Crippen LogP contribution in [0.1, 0.15) is 6.42 Å². The molecule has 0 aliphatic rings. The van der Waals surface area contributed by atoms with Gasteiger partial charge >= 0.3 is 0 Å². The molecule has 0 aliphatic carbocycles. The molecule has 5 N–H and O–H groups in total. The van der Waals surface area contributed by atoms with Crippen molar-refractivity contribution in [2.45, 2.75) is 12.0 Å². The van der Waals surface area contributed by atoms with Crippen LogP contribution < -0.4 is 11.1 Å². The summed E-state index contributed by atoms with van der Waals surface area (Å²) in [4.78, 5) is 11.0. The normalized spacial score (nSPS) is 11.4. The highest BCUT2D eigenvalue weighted by Gasteiger charge is 2.29. The number of hydrogen-bond donors (Lipinski definition) is 4. The lowest BCUT2D eigenvalue weighted by Crippen LogP contribution is -2.57. The summed E-state index contributed by atoms with van der Waals surface area (Å²) in [6.45, 7) is -1.68. The summed E-state index contributed by atoms with van der Waals surface area (Å²) in [7, 11) is 0. The largest absolute Gasteiger partial charge is 0.394 e. The Hall–Kier alpha value is -0.690. The summed E-state index contributed by atoms with van der Waals surface area (Å²) in [6.07, 6.45) is -0.0122. The number of amides is 1. The first-order valence-corrected chi connectivity index (χ1v) is 3.92. The van der Waals surface area contributed by atoms with E-state index in [2.05, 4.69) is 5.32 Å². The Morgan fingerprint density at radius 3 is 2.00 bits per heavy atom. The van der Waals surface area contributed by atoms with Crippen molar-refractivity contribution in [1.82, 2.24) is 11.1 Å². The first kappa shape index (κ1) is 12.3. The van der Waals surface area contributed by atoms with Crippen LogP contribution in [0.25, 0.3) is 0 Å². The van der Waals surface area contributed by atoms with Gasteiger partial charge in [0.1, 0.15) is 5.54 Å². The third kappa shape index (κ3) is 3.69. The molecule has 1 radical (unpaired) electrons. The number of aliphatic hydroxyl groups is 3. The monoisotopic (exact) mass is 191 g/mol. The van der Waals surface area contributed by atoms with Crippen LogP contribution in [0.2, 0.25) is 0 Å². The lowest BCUT2D eigenvalue weighted by molar-refractivity contribution is -0.125. The fourth-order valence-corrected chi connectivity index (χ4v) is 0.740. The predicted molar refractivity (Wildman–Crippen MR) is 44.7 cm³/mol. The number of hydrogen-bond acceptors (Lipinski definition) is 4. The molecule has 0 saturated carbocycles. The van der Waals surface area contributed by atoms with Crippen LogP contribution in [-0.4, -0.2) is 53.1 Å². The smallest absolute Gasteiger partial charge is 0.221 e. The summed E-state index contributed by atoms with van der Waals surface area (Å²) in [5.41, 5.74) is 5.40. The van der Waals surface area contributed by atoms with E-state index in [1.807, 2.05) is 0 Å². The molecular weight excluding hydrogens is 176 g/mol. The highest BCUT2D eigenvalue weighted by atomic mass is 16.3. The van der Waals surface area contributed by atoms with Crippen LogP contribution in [-0.2, 0) is 4.79 Å². The van der Waals surface area contributed by atoms with Crippen LogP contribution >= 0.6 is 0 Å². The first-order chi connectivity index (χ1) is 6.14. The molecule has 0 heterocycles. The van der Waals surface area contributed by atoms with Gasteiger partial charge in [-0.25, -0.2) is 0 Å². The highest BCUT2D eigenvalue weighted by molar-refractivity contribution is 5.77. The zero-order valence-electron chi connectivity index (χ0n) is 7.29. The van der Waals surface area contributed by atoms with Crippen molar-refractivity contribution in [2.75, 3.05) is 26.4 Å². The molecule has 6 heteroatoms. The Labute approximate surface area is 76.4 Å². The lowest BCUT2D eigenvalue weighted by atomic mass is 10.0. The molecule has 1 amide bonds. The maximum absolute atomic E-state index is 11.0. The molecule has 0 aromatic heterocycles. The van der Waals surface area contributed by atoms with E-state index < -0.39 is 31.3 Å². The van der Waals surface area contributed by atoms with Gasteiger partial charge in [-0.1, -0.05) is 0 Å². The van der Waals surface area contributed by atoms with E-state index in [1.165, 1.54) is 0 Å². The average Bonchev–Trinajstić information content (AvgIpc) is 2.15. The summed E-state index contributed by atoms with van der Waals surface area (Å²) >= 11 is 0. The fraction of sp³-hybridized carbons (Fsp3) is 0.857. The van der Waals surface area contributed by atoms with Gasteiger partial charge in [-0.05, 0) is 0 Å². The summed E-state index contributed by atoms with van der Waals surface area (Å²) in [6, 6.07) is 0. The van der Waals surface area contributed by atoms with Gasteiger partial charge in [0.15, 0.2) is 0 Å². The van der Waals surface area contributed by atoms with E-state index in [9.17, 15) is 4.79 Å². The first-order valence-electron chi connectivity index (χ1n) is 3.92. The van der Waals surface area contributed by atoms with Crippen molar-refractivity contribution in [3.8, 4) is 0 Å². The zero-order chi connectivity index (χ0) is 10.3. The molecule has 0 aromatic carbocycles. The maximum atomic E-state index is 11.0. The van der Waals surface area contributed by atoms with E-state index in [1.54, 1.807) is 0 Å². The Morgan fingerprint density at radius 2 is 1.69 bits per heavy atom. The van der Waals surface area contributed by atoms with E-state index in [0.29, 0.717) is 0 Å². The molecule has 0 fully saturated rings. The molecule has 6 nitrogen and oxygen atoms in total. The molecule has 0 spiro atoms. The second kappa shape index (κ2) is 5.87. The molecule has 0 bridgehead atoms. The second-order valence-corrected chi connectivity index (χ2v) is 2.80. The molecule has 0 saturated heterocycles. The predicted octanol–water partition coefficient (Wildman–Crippen LogP) is -2.51. The number of nitrogens with one attached hydrogen (secondary N) is 2. The van der Waals surface area contributed by atoms with Gasteiger partial charge in [0.2, 0.25) is 5.91 Å². The zero-order valence-corrected chi connectivity index (χ0v) is 7.29. The highest BCUT2D eigenvalue weighted by Crippen LogP contribution is 2.01. The molecule has 0 unspecified atom stereocenters. The van der Waals surface area contributed by atoms with Crippen molar-refractivity contribution in [1.29, 1.82) is 0 Å². The van der Waals surface area contributed by atoms with E-state index in [4.69, 9.17) is 21.1 Å². The number of carbonyl (C=O) groups is 1. The minimum Gasteiger partial charge on any atom is -0.394 e. The molecule has 13 heavy (non-hydrogen) atoms. The molecule has 0 aromatic rings. The van der Waals surface area contributed by atoms with Gasteiger partial charge in [-0.15, -0.1) is 0 Å². The van der Waals surface area contributed by atoms with Gasteiger partial charge in [0.05, 0.1) is 19.8 Å². The van der Waals surface area contributed by atoms with Crippen LogP contribution in [0.3, 0.4) is 0 Å². The third-order valence-corrected chi connectivity index (χ3v) is 1.66. The van der Waals surface area contributed by atoms with Crippen molar-refractivity contribution in [3.05, 3.63) is 0 Å². The van der Waals surface area contributed by atoms with Gasteiger partial charge in [-0.3, -0.25) is 10.5 Å². The number of aliphatic hydroxyl groups excluding tert-OH is 3. The fourth-order valence-electron chi connectivity index (χ4n) is 0.740. The van der Waals surface area contributed by atoms with Crippen molar-refractivity contribution in [2.24, 2.45) is 0 Å². The maximum Gasteiger partial charge on any atom is 0.221 e. The number of carbonyl (C=O) groups excluding carboxylic acids is 1. The topological polar surface area (TPSA) is 114 Å². The van der Waals surface area contributed by atoms with Gasteiger partial charge in [0.25, 0.3) is 0 Å². The summed E-state index contributed by atoms with van der Waals surface area (Å²) in [5.74, 6) is -0.466. The van der Waals surface area contributed by atoms with Crippen LogP contribution in [0, 0.1) is 0 Å². The van der Waals surface area contributed by atoms with Crippen LogP contribution in [0.5, 0.6) is 0 Å². The second-order valence-electron chi connectivity index (χ2n) is 2.80. The van der Waals surface area contributed by atoms with Gasteiger partial charge in [0, 0.05) is 13.0 Å². The Balaban J connectivity index is 4.16. The van der Waals surface area contributed by atoms with Crippen molar-refractivity contribution >= 4 is 5.91 Å². The third-order valence-electron chi connectivity index (χ3n) is 1.66. The summed E-state index contributed by atoms with van der Waals surface area (Å²) < 4.78 is 0. The summed E-state index contributed by atoms with van der Waals surface area (Å²) in [5, 5.41) is 28.7. The number of rotatable bonds is 6. The van der Waals surface area contributed by atoms with E-state index in [0.717, 1.165) is 0 Å². The molecular formula is C7H15N2O4. The Morgan fingerprint density at radius 1 is 1.23 bits per heavy atom. The molecule has 0 aliphatic heterocycles. The average molecular weight is 191 g/mol. The van der Waals surface area contributed by atoms with E-state index >= 15 is 0 Å². The quantitative estimate of drug-likeness (QED) is 0.371. The molecule has 0 rings (SSSR count). The van der Waals surface area contributed by atoms with Crippen molar-refractivity contribution < 1.29 is 20.1 Å². The minimum absolute atomic E-state index is 0.0122. The Bertz CT molecular complexity index is 150. The standard InChI is InChI=1S/C7H15N2O4/c8-2-1-6(13)9-7(3-10,4-11)5-12/h8,10-12H,1-5H2,(H,9,13). The molecule has 77 valence electrons. The molecule has 0 atom stereocenters. The minimum atomic E-state index is -1.37. The van der Waals surface area contributed by atoms with Gasteiger partial charge < -0.3 is 20.6 Å². The Kier molecular flexibility index (Phi) is 5.56. The lowest BCUT2D eigenvalue weighted by Gasteiger charge is -2.28. The van der Waals surface area contributed by atoms with Crippen LogP contribution in [0.4, 0.5) is 0 Å². The van der Waals surface area contributed by atoms with E-state index in [-0.39, 0.29) is 13.0 Å². The van der Waals surface area contributed by atoms with Crippen LogP contribution in [0.15, 0.2) is 0 Å². The van der Waals surface area contributed by atoms with Gasteiger partial charge in [-0.2, -0.15) is 0 Å². The SMILES string of the molecule is [NH]CCC(=O)NC(CO)(CO)CO. The van der Waals surface area contributed by atoms with Crippen molar-refractivity contribution in [3.63, 3.8) is 0 Å².